The second kappa shape index (κ2) is 6.87. The van der Waals surface area contributed by atoms with E-state index in [0.717, 1.165) is 14.2 Å². The number of anilines is 1. The van der Waals surface area contributed by atoms with Gasteiger partial charge in [-0.3, -0.25) is 19.8 Å². The van der Waals surface area contributed by atoms with E-state index < -0.39 is 17.8 Å². The van der Waals surface area contributed by atoms with E-state index in [1.54, 1.807) is 12.1 Å². The zero-order chi connectivity index (χ0) is 18.1. The van der Waals surface area contributed by atoms with Gasteiger partial charge >= 0.3 is 5.97 Å². The van der Waals surface area contributed by atoms with Gasteiger partial charge in [-0.1, -0.05) is 6.07 Å². The summed E-state index contributed by atoms with van der Waals surface area (Å²) in [6.07, 6.45) is 1.48. The second-order valence-corrected chi connectivity index (χ2v) is 7.23. The van der Waals surface area contributed by atoms with Crippen molar-refractivity contribution < 1.29 is 19.5 Å². The molecule has 0 unspecified atom stereocenters. The van der Waals surface area contributed by atoms with Crippen LogP contribution in [0.3, 0.4) is 0 Å². The van der Waals surface area contributed by atoms with E-state index in [2.05, 4.69) is 21.2 Å². The van der Waals surface area contributed by atoms with Crippen LogP contribution in [0, 0.1) is 0 Å². The minimum atomic E-state index is -1.12. The first-order valence-corrected chi connectivity index (χ1v) is 8.94. The lowest BCUT2D eigenvalue weighted by atomic mass is 10.1. The molecule has 0 atom stereocenters. The fourth-order valence-corrected chi connectivity index (χ4v) is 3.87. The molecule has 1 aromatic carbocycles. The molecule has 6 nitrogen and oxygen atoms in total. The van der Waals surface area contributed by atoms with Crippen LogP contribution in [0.1, 0.15) is 15.2 Å². The highest BCUT2D eigenvalue weighted by Crippen LogP contribution is 2.26. The highest BCUT2D eigenvalue weighted by Gasteiger charge is 2.34. The molecule has 1 aliphatic rings. The van der Waals surface area contributed by atoms with E-state index in [4.69, 9.17) is 17.3 Å². The summed E-state index contributed by atoms with van der Waals surface area (Å²) in [6.45, 7) is 0. The lowest BCUT2D eigenvalue weighted by Gasteiger charge is -2.29. The summed E-state index contributed by atoms with van der Waals surface area (Å²) >= 11 is 9.77. The van der Waals surface area contributed by atoms with E-state index in [1.165, 1.54) is 35.6 Å². The highest BCUT2D eigenvalue weighted by molar-refractivity contribution is 9.10. The minimum Gasteiger partial charge on any atom is -0.478 e. The van der Waals surface area contributed by atoms with Crippen LogP contribution in [0.25, 0.3) is 6.08 Å². The Hall–Kier alpha value is -2.36. The van der Waals surface area contributed by atoms with E-state index >= 15 is 0 Å². The van der Waals surface area contributed by atoms with Gasteiger partial charge in [-0.15, -0.1) is 11.3 Å². The molecule has 1 fully saturated rings. The van der Waals surface area contributed by atoms with Crippen molar-refractivity contribution in [3.63, 3.8) is 0 Å². The number of halogens is 1. The van der Waals surface area contributed by atoms with Gasteiger partial charge in [-0.05, 0) is 58.5 Å². The molecule has 1 saturated heterocycles. The first-order chi connectivity index (χ1) is 11.9. The third kappa shape index (κ3) is 3.53. The van der Waals surface area contributed by atoms with Crippen molar-refractivity contribution in [1.29, 1.82) is 0 Å². The Morgan fingerprint density at radius 2 is 2.08 bits per heavy atom. The van der Waals surface area contributed by atoms with Crippen LogP contribution in [0.2, 0.25) is 0 Å². The molecule has 2 amide bonds. The van der Waals surface area contributed by atoms with Gasteiger partial charge < -0.3 is 5.11 Å². The number of carbonyl (C=O) groups is 3. The summed E-state index contributed by atoms with van der Waals surface area (Å²) in [6, 6.07) is 7.56. The van der Waals surface area contributed by atoms with Gasteiger partial charge in [0.1, 0.15) is 5.57 Å². The Bertz CT molecular complexity index is 951. The topological polar surface area (TPSA) is 86.7 Å². The maximum absolute atomic E-state index is 12.8. The quantitative estimate of drug-likeness (QED) is 0.438. The summed E-state index contributed by atoms with van der Waals surface area (Å²) in [5.41, 5.74) is 0.203. The number of rotatable bonds is 3. The molecule has 2 N–H and O–H groups in total. The van der Waals surface area contributed by atoms with E-state index in [9.17, 15) is 14.4 Å². The number of thiophene rings is 1. The Labute approximate surface area is 159 Å². The third-order valence-corrected chi connectivity index (χ3v) is 5.25. The molecule has 0 aliphatic carbocycles. The fraction of sp³-hybridized carbons (Fsp3) is 0. The van der Waals surface area contributed by atoms with Gasteiger partial charge in [-0.25, -0.2) is 4.79 Å². The van der Waals surface area contributed by atoms with Gasteiger partial charge in [0.25, 0.3) is 11.8 Å². The monoisotopic (exact) mass is 436 g/mol. The van der Waals surface area contributed by atoms with Crippen LogP contribution >= 0.6 is 39.5 Å². The molecule has 1 aromatic heterocycles. The number of aromatic carboxylic acids is 1. The number of nitrogens with zero attached hydrogens (tertiary/aromatic N) is 1. The normalized spacial score (nSPS) is 16.3. The van der Waals surface area contributed by atoms with Crippen molar-refractivity contribution in [1.82, 2.24) is 5.32 Å². The van der Waals surface area contributed by atoms with Gasteiger partial charge in [0.15, 0.2) is 5.11 Å². The number of thiocarbonyl (C=S) groups is 1. The predicted octanol–water partition coefficient (Wildman–Crippen LogP) is 3.04. The molecule has 9 heteroatoms. The van der Waals surface area contributed by atoms with Gasteiger partial charge in [0, 0.05) is 14.7 Å². The van der Waals surface area contributed by atoms with E-state index in [-0.39, 0.29) is 21.9 Å². The van der Waals surface area contributed by atoms with Gasteiger partial charge in [0.05, 0.1) is 11.3 Å². The highest BCUT2D eigenvalue weighted by atomic mass is 79.9. The zero-order valence-corrected chi connectivity index (χ0v) is 15.6. The molecule has 3 rings (SSSR count). The van der Waals surface area contributed by atoms with Crippen LogP contribution in [-0.2, 0) is 9.59 Å². The molecule has 0 spiro atoms. The number of nitrogens with one attached hydrogen (secondary N) is 1. The molecular weight excluding hydrogens is 428 g/mol. The molecule has 1 aliphatic heterocycles. The minimum absolute atomic E-state index is 0.0118. The van der Waals surface area contributed by atoms with Crippen LogP contribution < -0.4 is 10.2 Å². The summed E-state index contributed by atoms with van der Waals surface area (Å²) in [5, 5.41) is 13.3. The van der Waals surface area contributed by atoms with Crippen LogP contribution in [-0.4, -0.2) is 28.0 Å². The second-order valence-electron chi connectivity index (χ2n) is 4.98. The SMILES string of the molecule is O=C1NC(=S)N(c2cccc(C(=O)O)c2)C(=O)C1=Cc1cc(Br)cs1. The predicted molar refractivity (Wildman–Crippen MR) is 102 cm³/mol. The third-order valence-electron chi connectivity index (χ3n) is 3.33. The number of carboxylic acid groups (broad SMARTS) is 1. The van der Waals surface area contributed by atoms with Gasteiger partial charge in [-0.2, -0.15) is 0 Å². The van der Waals surface area contributed by atoms with Crippen molar-refractivity contribution in [3.05, 3.63) is 56.2 Å². The van der Waals surface area contributed by atoms with Crippen LogP contribution in [0.5, 0.6) is 0 Å². The molecule has 0 radical (unpaired) electrons. The average molecular weight is 437 g/mol. The Kier molecular flexibility index (Phi) is 4.80. The summed E-state index contributed by atoms with van der Waals surface area (Å²) < 4.78 is 0.842. The van der Waals surface area contributed by atoms with Crippen molar-refractivity contribution in [2.75, 3.05) is 4.90 Å². The molecule has 0 bridgehead atoms. The maximum Gasteiger partial charge on any atom is 0.335 e. The molecule has 0 saturated carbocycles. The molecule has 126 valence electrons. The van der Waals surface area contributed by atoms with Crippen molar-refractivity contribution in [2.45, 2.75) is 0 Å². The molecular formula is C16H9BrN2O4S2. The Morgan fingerprint density at radius 1 is 1.32 bits per heavy atom. The molecule has 25 heavy (non-hydrogen) atoms. The van der Waals surface area contributed by atoms with Crippen molar-refractivity contribution in [3.8, 4) is 0 Å². The summed E-state index contributed by atoms with van der Waals surface area (Å²) in [5.74, 6) is -2.33. The first kappa shape index (κ1) is 17.5. The van der Waals surface area contributed by atoms with Crippen LogP contribution in [0.15, 0.2) is 45.8 Å². The average Bonchev–Trinajstić information content (AvgIpc) is 2.97. The standard InChI is InChI=1S/C16H9BrN2O4S2/c17-9-5-11(25-7-9)6-12-13(20)18-16(24)19(14(12)21)10-3-1-2-8(4-10)15(22)23/h1-7H,(H,22,23)(H,18,20,24). The first-order valence-electron chi connectivity index (χ1n) is 6.85. The largest absolute Gasteiger partial charge is 0.478 e. The number of amides is 2. The fourth-order valence-electron chi connectivity index (χ4n) is 2.22. The lowest BCUT2D eigenvalue weighted by Crippen LogP contribution is -2.54. The van der Waals surface area contributed by atoms with E-state index in [0.29, 0.717) is 0 Å². The molecule has 2 aromatic rings. The molecule has 2 heterocycles. The summed E-state index contributed by atoms with van der Waals surface area (Å²) in [7, 11) is 0. The van der Waals surface area contributed by atoms with E-state index in [1.807, 2.05) is 5.38 Å². The number of hydrogen-bond donors (Lipinski definition) is 2. The Morgan fingerprint density at radius 3 is 2.72 bits per heavy atom. The number of hydrogen-bond acceptors (Lipinski definition) is 5. The Balaban J connectivity index is 2.02. The van der Waals surface area contributed by atoms with Crippen LogP contribution in [0.4, 0.5) is 5.69 Å². The lowest BCUT2D eigenvalue weighted by molar-refractivity contribution is -0.122. The van der Waals surface area contributed by atoms with Gasteiger partial charge in [0.2, 0.25) is 0 Å². The maximum atomic E-state index is 12.8. The number of carbonyl (C=O) groups excluding carboxylic acids is 2. The number of carboxylic acids is 1. The number of benzene rings is 1. The zero-order valence-electron chi connectivity index (χ0n) is 12.4. The van der Waals surface area contributed by atoms with Crippen molar-refractivity contribution in [2.24, 2.45) is 0 Å². The smallest absolute Gasteiger partial charge is 0.335 e. The summed E-state index contributed by atoms with van der Waals surface area (Å²) in [4.78, 5) is 37.9. The van der Waals surface area contributed by atoms with Crippen molar-refractivity contribution >= 4 is 74.1 Å².